The van der Waals surface area contributed by atoms with Crippen molar-refractivity contribution in [1.82, 2.24) is 0 Å². The lowest BCUT2D eigenvalue weighted by Crippen LogP contribution is -3.99. The Bertz CT molecular complexity index is 191. The summed E-state index contributed by atoms with van der Waals surface area (Å²) >= 11 is -3.83. The number of rotatable bonds is 6. The Morgan fingerprint density at radius 1 is 1.43 bits per heavy atom. The van der Waals surface area contributed by atoms with Gasteiger partial charge in [-0.15, -0.1) is 0 Å². The second-order valence-electron chi connectivity index (χ2n) is 3.95. The molecule has 0 saturated heterocycles. The van der Waals surface area contributed by atoms with E-state index in [2.05, 4.69) is 3.07 Å². The molecule has 0 spiro atoms. The number of carbonyl (C=O) groups excluding carboxylic acids is 1. The van der Waals surface area contributed by atoms with Crippen molar-refractivity contribution in [2.75, 3.05) is 27.7 Å². The van der Waals surface area contributed by atoms with Gasteiger partial charge in [0.25, 0.3) is 0 Å². The van der Waals surface area contributed by atoms with Gasteiger partial charge in [-0.05, 0) is 3.07 Å². The predicted molar refractivity (Wildman–Crippen MR) is 37.4 cm³/mol. The third-order valence-corrected chi connectivity index (χ3v) is 2.48. The van der Waals surface area contributed by atoms with Crippen LogP contribution in [0.4, 0.5) is 0 Å². The highest BCUT2D eigenvalue weighted by atomic mass is 127. The zero-order valence-corrected chi connectivity index (χ0v) is 10.5. The van der Waals surface area contributed by atoms with E-state index in [4.69, 9.17) is 0 Å². The summed E-state index contributed by atoms with van der Waals surface area (Å²) in [4.78, 5) is 10.3. The number of carboxylic acids is 1. The van der Waals surface area contributed by atoms with Gasteiger partial charge in [-0.25, -0.2) is 0 Å². The van der Waals surface area contributed by atoms with Crippen LogP contribution in [0.15, 0.2) is 0 Å². The fraction of sp³-hybridized carbons (Fsp3) is 0.857. The molecule has 84 valence electrons. The number of nitrogens with zero attached hydrogens (tertiary/aromatic N) is 1. The van der Waals surface area contributed by atoms with Crippen molar-refractivity contribution >= 4 is 5.97 Å². The average molecular weight is 319 g/mol. The minimum Gasteiger partial charge on any atom is -0.550 e. The highest BCUT2D eigenvalue weighted by Gasteiger charge is 2.29. The van der Waals surface area contributed by atoms with Crippen LogP contribution in [0.25, 0.3) is 0 Å². The highest BCUT2D eigenvalue weighted by Crippen LogP contribution is 2.00. The van der Waals surface area contributed by atoms with Crippen LogP contribution in [0.1, 0.15) is 6.42 Å². The molecule has 0 N–H and O–H groups in total. The third kappa shape index (κ3) is 8.63. The molecular formula is C7H14INO5. The second kappa shape index (κ2) is 5.81. The van der Waals surface area contributed by atoms with Crippen molar-refractivity contribution in [2.24, 2.45) is 0 Å². The van der Waals surface area contributed by atoms with Gasteiger partial charge in [0.15, 0.2) is 0 Å². The Labute approximate surface area is 91.7 Å². The highest BCUT2D eigenvalue weighted by molar-refractivity contribution is 5.64. The minimum absolute atomic E-state index is 0.312. The van der Waals surface area contributed by atoms with Gasteiger partial charge in [-0.2, -0.15) is 0 Å². The molecule has 0 radical (unpaired) electrons. The standard InChI is InChI=1S/C7H14INO5/c1-9(2,3)5-6(4-7(10)11)14-8(12)13/h6H,4-5H2,1-3H3/t6-/m1/s1. The Kier molecular flexibility index (Phi) is 5.83. The summed E-state index contributed by atoms with van der Waals surface area (Å²) in [5.74, 6) is -1.30. The normalized spacial score (nSPS) is 14.4. The van der Waals surface area contributed by atoms with Crippen LogP contribution in [0.5, 0.6) is 0 Å². The summed E-state index contributed by atoms with van der Waals surface area (Å²) in [5.41, 5.74) is 0. The maximum atomic E-state index is 10.4. The second-order valence-corrected chi connectivity index (χ2v) is 5.54. The van der Waals surface area contributed by atoms with E-state index < -0.39 is 39.6 Å². The lowest BCUT2D eigenvalue weighted by Gasteiger charge is -2.26. The molecular weight excluding hydrogens is 305 g/mol. The van der Waals surface area contributed by atoms with Crippen LogP contribution in [0.3, 0.4) is 0 Å². The average Bonchev–Trinajstić information content (AvgIpc) is 1.77. The van der Waals surface area contributed by atoms with Gasteiger partial charge in [0.2, 0.25) is 6.10 Å². The van der Waals surface area contributed by atoms with Gasteiger partial charge < -0.3 is 21.3 Å². The zero-order valence-electron chi connectivity index (χ0n) is 8.36. The van der Waals surface area contributed by atoms with E-state index in [-0.39, 0.29) is 0 Å². The molecule has 0 aromatic carbocycles. The zero-order chi connectivity index (χ0) is 11.4. The van der Waals surface area contributed by atoms with E-state index >= 15 is 0 Å². The molecule has 0 bridgehead atoms. The van der Waals surface area contributed by atoms with Gasteiger partial charge in [0, 0.05) is 12.4 Å². The molecule has 14 heavy (non-hydrogen) atoms. The van der Waals surface area contributed by atoms with E-state index in [1.807, 2.05) is 21.1 Å². The molecule has 0 aromatic heterocycles. The number of halogens is 1. The molecule has 0 rings (SSSR count). The first-order chi connectivity index (χ1) is 6.20. The molecule has 0 aliphatic heterocycles. The van der Waals surface area contributed by atoms with Crippen LogP contribution in [-0.2, 0) is 7.86 Å². The van der Waals surface area contributed by atoms with Crippen molar-refractivity contribution in [3.05, 3.63) is 0 Å². The van der Waals surface area contributed by atoms with Crippen LogP contribution >= 0.6 is 0 Å². The molecule has 0 aliphatic rings. The molecule has 0 unspecified atom stereocenters. The Hall–Kier alpha value is 0.0400. The Balaban J connectivity index is 4.17. The first-order valence-electron chi connectivity index (χ1n) is 3.93. The molecule has 0 amide bonds. The van der Waals surface area contributed by atoms with Crippen molar-refractivity contribution in [1.29, 1.82) is 0 Å². The quantitative estimate of drug-likeness (QED) is 0.358. The first kappa shape index (κ1) is 14.0. The maximum absolute atomic E-state index is 10.4. The SMILES string of the molecule is C[N+](C)(C)C[C@@H](CC(=O)[O-])O[I+2]([O-])[O-]. The molecule has 1 atom stereocenters. The number of hydrogen-bond acceptors (Lipinski definition) is 5. The molecule has 0 aromatic rings. The van der Waals surface area contributed by atoms with E-state index in [1.165, 1.54) is 0 Å². The number of hydrogen-bond donors (Lipinski definition) is 0. The van der Waals surface area contributed by atoms with Crippen molar-refractivity contribution in [3.63, 3.8) is 0 Å². The summed E-state index contributed by atoms with van der Waals surface area (Å²) in [5, 5.41) is 10.3. The lowest BCUT2D eigenvalue weighted by molar-refractivity contribution is -1.63. The molecule has 0 saturated carbocycles. The molecule has 0 aliphatic carbocycles. The van der Waals surface area contributed by atoms with Crippen LogP contribution in [0, 0.1) is 0 Å². The summed E-state index contributed by atoms with van der Waals surface area (Å²) in [7, 11) is 5.46. The maximum Gasteiger partial charge on any atom is 0.507 e. The number of quaternary nitrogens is 1. The number of likely N-dealkylation sites (N-methyl/N-ethyl adjacent to an activating group) is 1. The number of carboxylic acid groups (broad SMARTS) is 1. The summed E-state index contributed by atoms with van der Waals surface area (Å²) in [6.45, 7) is 0.312. The van der Waals surface area contributed by atoms with Gasteiger partial charge in [-0.1, -0.05) is 0 Å². The Morgan fingerprint density at radius 2 is 1.93 bits per heavy atom. The van der Waals surface area contributed by atoms with Crippen LogP contribution in [0.2, 0.25) is 0 Å². The van der Waals surface area contributed by atoms with Crippen LogP contribution in [-0.4, -0.2) is 44.2 Å². The minimum atomic E-state index is -3.83. The van der Waals surface area contributed by atoms with Gasteiger partial charge in [-0.3, -0.25) is 0 Å². The molecule has 7 heteroatoms. The predicted octanol–water partition coefficient (Wildman–Crippen LogP) is -6.69. The van der Waals surface area contributed by atoms with E-state index in [0.29, 0.717) is 11.0 Å². The van der Waals surface area contributed by atoms with Crippen molar-refractivity contribution in [2.45, 2.75) is 12.5 Å². The summed E-state index contributed by atoms with van der Waals surface area (Å²) < 4.78 is 25.7. The largest absolute Gasteiger partial charge is 0.550 e. The van der Waals surface area contributed by atoms with Crippen molar-refractivity contribution in [3.8, 4) is 0 Å². The lowest BCUT2D eigenvalue weighted by atomic mass is 10.2. The molecule has 0 fully saturated rings. The monoisotopic (exact) mass is 319 g/mol. The molecule has 6 nitrogen and oxygen atoms in total. The third-order valence-electron chi connectivity index (χ3n) is 1.34. The van der Waals surface area contributed by atoms with Gasteiger partial charge >= 0.3 is 21.1 Å². The summed E-state index contributed by atoms with van der Waals surface area (Å²) in [6.07, 6.45) is -1.21. The smallest absolute Gasteiger partial charge is 0.507 e. The van der Waals surface area contributed by atoms with Crippen molar-refractivity contribution < 1.29 is 45.4 Å². The first-order valence-corrected chi connectivity index (χ1v) is 6.58. The fourth-order valence-corrected chi connectivity index (χ4v) is 1.95. The van der Waals surface area contributed by atoms with Gasteiger partial charge in [0.1, 0.15) is 6.54 Å². The summed E-state index contributed by atoms with van der Waals surface area (Å²) in [6, 6.07) is 0. The number of aliphatic carboxylic acids is 1. The van der Waals surface area contributed by atoms with E-state index in [1.54, 1.807) is 0 Å². The van der Waals surface area contributed by atoms with Crippen LogP contribution < -0.4 is 33.0 Å². The number of carbonyl (C=O) groups is 1. The Morgan fingerprint density at radius 3 is 2.21 bits per heavy atom. The van der Waals surface area contributed by atoms with E-state index in [9.17, 15) is 16.8 Å². The molecule has 0 heterocycles. The fourth-order valence-electron chi connectivity index (χ4n) is 1.02. The van der Waals surface area contributed by atoms with E-state index in [0.717, 1.165) is 0 Å². The topological polar surface area (TPSA) is 95.5 Å². The van der Waals surface area contributed by atoms with Gasteiger partial charge in [0.05, 0.1) is 21.1 Å².